The summed E-state index contributed by atoms with van der Waals surface area (Å²) in [6.45, 7) is 9.26. The summed E-state index contributed by atoms with van der Waals surface area (Å²) in [5.74, 6) is 1.67. The van der Waals surface area contributed by atoms with Crippen molar-refractivity contribution in [1.29, 1.82) is 0 Å². The van der Waals surface area contributed by atoms with Crippen molar-refractivity contribution >= 4 is 5.91 Å². The second-order valence-electron chi connectivity index (χ2n) is 5.31. The van der Waals surface area contributed by atoms with Crippen LogP contribution < -0.4 is 5.32 Å². The quantitative estimate of drug-likeness (QED) is 0.766. The third-order valence-corrected chi connectivity index (χ3v) is 2.93. The van der Waals surface area contributed by atoms with Crippen LogP contribution in [0.4, 0.5) is 0 Å². The average molecular weight is 212 g/mol. The summed E-state index contributed by atoms with van der Waals surface area (Å²) < 4.78 is 0. The van der Waals surface area contributed by atoms with E-state index in [1.54, 1.807) is 0 Å². The average Bonchev–Trinajstić information content (AvgIpc) is 2.15. The molecule has 0 aromatic carbocycles. The molecule has 1 saturated heterocycles. The van der Waals surface area contributed by atoms with E-state index in [2.05, 4.69) is 26.1 Å². The third kappa shape index (κ3) is 3.82. The van der Waals surface area contributed by atoms with Gasteiger partial charge in [-0.2, -0.15) is 0 Å². The predicted molar refractivity (Wildman–Crippen MR) is 62.6 cm³/mol. The standard InChI is InChI=1S/C12H24N2O/c1-9(2)8-14(4)12(15)11-5-10(3)6-13-7-11/h9-11,13H,5-8H2,1-4H3. The monoisotopic (exact) mass is 212 g/mol. The zero-order valence-electron chi connectivity index (χ0n) is 10.4. The molecule has 1 amide bonds. The molecule has 0 spiro atoms. The van der Waals surface area contributed by atoms with Crippen LogP contribution in [0.5, 0.6) is 0 Å². The van der Waals surface area contributed by atoms with Gasteiger partial charge in [-0.05, 0) is 24.8 Å². The molecule has 2 unspecified atom stereocenters. The normalized spacial score (nSPS) is 26.7. The second kappa shape index (κ2) is 5.50. The number of nitrogens with zero attached hydrogens (tertiary/aromatic N) is 1. The highest BCUT2D eigenvalue weighted by atomic mass is 16.2. The van der Waals surface area contributed by atoms with Crippen molar-refractivity contribution in [1.82, 2.24) is 10.2 Å². The first-order chi connectivity index (χ1) is 7.00. The topological polar surface area (TPSA) is 32.3 Å². The van der Waals surface area contributed by atoms with Gasteiger partial charge < -0.3 is 10.2 Å². The second-order valence-corrected chi connectivity index (χ2v) is 5.31. The highest BCUT2D eigenvalue weighted by Crippen LogP contribution is 2.18. The number of rotatable bonds is 3. The third-order valence-electron chi connectivity index (χ3n) is 2.93. The van der Waals surface area contributed by atoms with Gasteiger partial charge in [-0.15, -0.1) is 0 Å². The molecule has 3 heteroatoms. The number of carbonyl (C=O) groups excluding carboxylic acids is 1. The van der Waals surface area contributed by atoms with E-state index < -0.39 is 0 Å². The summed E-state index contributed by atoms with van der Waals surface area (Å²) in [6, 6.07) is 0. The molecule has 3 nitrogen and oxygen atoms in total. The Morgan fingerprint density at radius 1 is 1.47 bits per heavy atom. The van der Waals surface area contributed by atoms with E-state index in [0.29, 0.717) is 17.7 Å². The summed E-state index contributed by atoms with van der Waals surface area (Å²) in [5.41, 5.74) is 0. The Kier molecular flexibility index (Phi) is 4.58. The van der Waals surface area contributed by atoms with Gasteiger partial charge in [0.1, 0.15) is 0 Å². The SMILES string of the molecule is CC(C)CN(C)C(=O)C1CNCC(C)C1. The van der Waals surface area contributed by atoms with Gasteiger partial charge in [-0.3, -0.25) is 4.79 Å². The Balaban J connectivity index is 2.44. The molecule has 1 aliphatic rings. The van der Waals surface area contributed by atoms with Crippen LogP contribution in [0.15, 0.2) is 0 Å². The first-order valence-corrected chi connectivity index (χ1v) is 5.96. The van der Waals surface area contributed by atoms with Crippen LogP contribution in [0.25, 0.3) is 0 Å². The molecule has 88 valence electrons. The molecule has 15 heavy (non-hydrogen) atoms. The Hall–Kier alpha value is -0.570. The summed E-state index contributed by atoms with van der Waals surface area (Å²) in [4.78, 5) is 13.9. The van der Waals surface area contributed by atoms with Crippen molar-refractivity contribution in [2.75, 3.05) is 26.7 Å². The largest absolute Gasteiger partial charge is 0.345 e. The van der Waals surface area contributed by atoms with Crippen LogP contribution in [-0.4, -0.2) is 37.5 Å². The molecule has 0 aliphatic carbocycles. The summed E-state index contributed by atoms with van der Waals surface area (Å²) in [6.07, 6.45) is 1.04. The van der Waals surface area contributed by atoms with Gasteiger partial charge in [0, 0.05) is 20.1 Å². The molecule has 1 rings (SSSR count). The van der Waals surface area contributed by atoms with Crippen molar-refractivity contribution in [2.45, 2.75) is 27.2 Å². The van der Waals surface area contributed by atoms with Crippen molar-refractivity contribution < 1.29 is 4.79 Å². The molecule has 2 atom stereocenters. The highest BCUT2D eigenvalue weighted by molar-refractivity contribution is 5.79. The van der Waals surface area contributed by atoms with Gasteiger partial charge in [0.25, 0.3) is 0 Å². The molecule has 1 aliphatic heterocycles. The molecule has 1 N–H and O–H groups in total. The summed E-state index contributed by atoms with van der Waals surface area (Å²) >= 11 is 0. The van der Waals surface area contributed by atoms with E-state index in [4.69, 9.17) is 0 Å². The Morgan fingerprint density at radius 3 is 2.67 bits per heavy atom. The molecule has 0 aromatic rings. The lowest BCUT2D eigenvalue weighted by molar-refractivity contribution is -0.135. The minimum absolute atomic E-state index is 0.192. The van der Waals surface area contributed by atoms with Gasteiger partial charge in [-0.25, -0.2) is 0 Å². The van der Waals surface area contributed by atoms with E-state index in [0.717, 1.165) is 26.1 Å². The molecule has 1 heterocycles. The van der Waals surface area contributed by atoms with E-state index in [-0.39, 0.29) is 5.92 Å². The van der Waals surface area contributed by atoms with Crippen LogP contribution >= 0.6 is 0 Å². The Morgan fingerprint density at radius 2 is 2.13 bits per heavy atom. The van der Waals surface area contributed by atoms with E-state index >= 15 is 0 Å². The lowest BCUT2D eigenvalue weighted by Crippen LogP contribution is -2.44. The van der Waals surface area contributed by atoms with Gasteiger partial charge in [-0.1, -0.05) is 20.8 Å². The first kappa shape index (κ1) is 12.5. The van der Waals surface area contributed by atoms with Gasteiger partial charge in [0.05, 0.1) is 5.92 Å². The van der Waals surface area contributed by atoms with Crippen LogP contribution in [0.3, 0.4) is 0 Å². The minimum atomic E-state index is 0.192. The molecule has 0 radical (unpaired) electrons. The van der Waals surface area contributed by atoms with Crippen LogP contribution in [0, 0.1) is 17.8 Å². The van der Waals surface area contributed by atoms with Gasteiger partial charge in [0.15, 0.2) is 0 Å². The number of nitrogens with one attached hydrogen (secondary N) is 1. The fourth-order valence-electron chi connectivity index (χ4n) is 2.29. The first-order valence-electron chi connectivity index (χ1n) is 5.96. The maximum atomic E-state index is 12.1. The van der Waals surface area contributed by atoms with E-state index in [9.17, 15) is 4.79 Å². The van der Waals surface area contributed by atoms with Crippen LogP contribution in [-0.2, 0) is 4.79 Å². The molecule has 0 saturated carbocycles. The van der Waals surface area contributed by atoms with Gasteiger partial charge >= 0.3 is 0 Å². The smallest absolute Gasteiger partial charge is 0.226 e. The van der Waals surface area contributed by atoms with Crippen molar-refractivity contribution in [3.8, 4) is 0 Å². The number of piperidine rings is 1. The number of hydrogen-bond acceptors (Lipinski definition) is 2. The summed E-state index contributed by atoms with van der Waals surface area (Å²) in [5, 5.41) is 3.33. The predicted octanol–water partition coefficient (Wildman–Crippen LogP) is 1.35. The zero-order valence-corrected chi connectivity index (χ0v) is 10.4. The minimum Gasteiger partial charge on any atom is -0.345 e. The molecule has 0 aromatic heterocycles. The highest BCUT2D eigenvalue weighted by Gasteiger charge is 2.27. The number of carbonyl (C=O) groups is 1. The lowest BCUT2D eigenvalue weighted by atomic mass is 9.91. The maximum absolute atomic E-state index is 12.1. The summed E-state index contributed by atoms with van der Waals surface area (Å²) in [7, 11) is 1.92. The van der Waals surface area contributed by atoms with Crippen LogP contribution in [0.2, 0.25) is 0 Å². The fourth-order valence-corrected chi connectivity index (χ4v) is 2.29. The van der Waals surface area contributed by atoms with Gasteiger partial charge in [0.2, 0.25) is 5.91 Å². The zero-order chi connectivity index (χ0) is 11.4. The Bertz CT molecular complexity index is 216. The Labute approximate surface area is 93.2 Å². The molecular weight excluding hydrogens is 188 g/mol. The van der Waals surface area contributed by atoms with Crippen molar-refractivity contribution in [2.24, 2.45) is 17.8 Å². The lowest BCUT2D eigenvalue weighted by Gasteiger charge is -2.30. The molecular formula is C12H24N2O. The van der Waals surface area contributed by atoms with Crippen molar-refractivity contribution in [3.05, 3.63) is 0 Å². The maximum Gasteiger partial charge on any atom is 0.226 e. The van der Waals surface area contributed by atoms with E-state index in [1.807, 2.05) is 11.9 Å². The van der Waals surface area contributed by atoms with E-state index in [1.165, 1.54) is 0 Å². The fraction of sp³-hybridized carbons (Fsp3) is 0.917. The number of hydrogen-bond donors (Lipinski definition) is 1. The molecule has 1 fully saturated rings. The molecule has 0 bridgehead atoms. The van der Waals surface area contributed by atoms with Crippen molar-refractivity contribution in [3.63, 3.8) is 0 Å². The number of amides is 1. The van der Waals surface area contributed by atoms with Crippen LogP contribution in [0.1, 0.15) is 27.2 Å².